The third-order valence-corrected chi connectivity index (χ3v) is 5.58. The summed E-state index contributed by atoms with van der Waals surface area (Å²) in [6, 6.07) is 16.7. The molecule has 0 saturated carbocycles. The molecule has 1 amide bonds. The van der Waals surface area contributed by atoms with Gasteiger partial charge in [0.05, 0.1) is 0 Å². The molecule has 1 N–H and O–H groups in total. The highest BCUT2D eigenvalue weighted by atomic mass is 16.2. The monoisotopic (exact) mass is 391 g/mol. The molecule has 0 spiro atoms. The Kier molecular flexibility index (Phi) is 7.88. The van der Waals surface area contributed by atoms with Crippen molar-refractivity contribution >= 4 is 17.7 Å². The molecule has 0 aromatic heterocycles. The Morgan fingerprint density at radius 3 is 2.52 bits per heavy atom. The molecule has 2 aromatic rings. The fraction of sp³-hybridized carbons (Fsp3) is 0.400. The minimum atomic E-state index is 0.253. The summed E-state index contributed by atoms with van der Waals surface area (Å²) in [5, 5.41) is 3.49. The van der Waals surface area contributed by atoms with Gasteiger partial charge in [-0.3, -0.25) is 9.69 Å². The Morgan fingerprint density at radius 1 is 1.03 bits per heavy atom. The summed E-state index contributed by atoms with van der Waals surface area (Å²) in [4.78, 5) is 17.0. The van der Waals surface area contributed by atoms with Gasteiger partial charge < -0.3 is 10.2 Å². The van der Waals surface area contributed by atoms with E-state index in [0.717, 1.165) is 39.1 Å². The molecule has 1 fully saturated rings. The third kappa shape index (κ3) is 6.20. The second kappa shape index (κ2) is 10.8. The van der Waals surface area contributed by atoms with Crippen LogP contribution < -0.4 is 5.32 Å². The fourth-order valence-corrected chi connectivity index (χ4v) is 3.81. The Hall–Kier alpha value is -2.59. The van der Waals surface area contributed by atoms with Crippen molar-refractivity contribution in [3.8, 4) is 0 Å². The van der Waals surface area contributed by atoms with Crippen LogP contribution in [0.5, 0.6) is 0 Å². The lowest BCUT2D eigenvalue weighted by atomic mass is 10.1. The summed E-state index contributed by atoms with van der Waals surface area (Å²) in [5.41, 5.74) is 4.98. The first-order valence-corrected chi connectivity index (χ1v) is 10.7. The highest BCUT2D eigenvalue weighted by Gasteiger charge is 2.20. The van der Waals surface area contributed by atoms with Crippen molar-refractivity contribution < 1.29 is 4.79 Å². The number of para-hydroxylation sites is 1. The highest BCUT2D eigenvalue weighted by molar-refractivity contribution is 5.77. The second-order valence-electron chi connectivity index (χ2n) is 7.63. The van der Waals surface area contributed by atoms with Crippen LogP contribution in [0.2, 0.25) is 0 Å². The number of rotatable bonds is 8. The summed E-state index contributed by atoms with van der Waals surface area (Å²) in [7, 11) is 0. The van der Waals surface area contributed by atoms with Gasteiger partial charge in [-0.2, -0.15) is 0 Å². The van der Waals surface area contributed by atoms with Crippen molar-refractivity contribution in [2.24, 2.45) is 0 Å². The molecule has 0 aliphatic carbocycles. The number of carbonyl (C=O) groups excluding carboxylic acids is 1. The van der Waals surface area contributed by atoms with E-state index in [0.29, 0.717) is 13.0 Å². The number of nitrogens with zero attached hydrogens (tertiary/aromatic N) is 2. The number of benzene rings is 2. The Bertz CT molecular complexity index is 808. The summed E-state index contributed by atoms with van der Waals surface area (Å²) in [6.07, 6.45) is 5.92. The summed E-state index contributed by atoms with van der Waals surface area (Å²) in [6.45, 7) is 9.44. The van der Waals surface area contributed by atoms with E-state index in [1.54, 1.807) is 0 Å². The van der Waals surface area contributed by atoms with Crippen molar-refractivity contribution in [1.29, 1.82) is 0 Å². The minimum Gasteiger partial charge on any atom is -0.384 e. The van der Waals surface area contributed by atoms with E-state index in [9.17, 15) is 4.79 Å². The molecule has 0 radical (unpaired) electrons. The maximum Gasteiger partial charge on any atom is 0.224 e. The van der Waals surface area contributed by atoms with Gasteiger partial charge in [-0.05, 0) is 30.0 Å². The zero-order valence-corrected chi connectivity index (χ0v) is 17.7. The molecule has 4 heteroatoms. The molecular weight excluding hydrogens is 358 g/mol. The third-order valence-electron chi connectivity index (χ3n) is 5.58. The topological polar surface area (TPSA) is 35.6 Å². The van der Waals surface area contributed by atoms with E-state index < -0.39 is 0 Å². The van der Waals surface area contributed by atoms with Crippen LogP contribution >= 0.6 is 0 Å². The average molecular weight is 392 g/mol. The Balaban J connectivity index is 1.38. The van der Waals surface area contributed by atoms with Gasteiger partial charge in [0.25, 0.3) is 0 Å². The van der Waals surface area contributed by atoms with Crippen LogP contribution in [0.3, 0.4) is 0 Å². The standard InChI is InChI=1S/C25H33N3O/c1-3-23-13-7-9-21(2)25(23)26-15-14-24(29)28-19-17-27(18-20-28)16-8-12-22-10-5-4-6-11-22/h4-13,26H,3,14-20H2,1-2H3/b12-8+. The van der Waals surface area contributed by atoms with E-state index in [1.165, 1.54) is 22.4 Å². The lowest BCUT2D eigenvalue weighted by molar-refractivity contribution is -0.132. The van der Waals surface area contributed by atoms with Crippen LogP contribution in [-0.2, 0) is 11.2 Å². The summed E-state index contributed by atoms with van der Waals surface area (Å²) < 4.78 is 0. The van der Waals surface area contributed by atoms with E-state index in [-0.39, 0.29) is 5.91 Å². The molecule has 1 aliphatic heterocycles. The molecule has 1 heterocycles. The molecule has 0 unspecified atom stereocenters. The number of nitrogens with one attached hydrogen (secondary N) is 1. The van der Waals surface area contributed by atoms with Crippen molar-refractivity contribution in [3.05, 3.63) is 71.3 Å². The maximum absolute atomic E-state index is 12.6. The fourth-order valence-electron chi connectivity index (χ4n) is 3.81. The first-order valence-electron chi connectivity index (χ1n) is 10.7. The molecule has 4 nitrogen and oxygen atoms in total. The molecule has 1 aliphatic rings. The molecular formula is C25H33N3O. The first-order chi connectivity index (χ1) is 14.2. The van der Waals surface area contributed by atoms with Gasteiger partial charge in [-0.1, -0.05) is 67.6 Å². The average Bonchev–Trinajstić information content (AvgIpc) is 2.76. The largest absolute Gasteiger partial charge is 0.384 e. The highest BCUT2D eigenvalue weighted by Crippen LogP contribution is 2.21. The molecule has 2 aromatic carbocycles. The molecule has 154 valence electrons. The van der Waals surface area contributed by atoms with Crippen molar-refractivity contribution in [2.45, 2.75) is 26.7 Å². The zero-order chi connectivity index (χ0) is 20.5. The van der Waals surface area contributed by atoms with Crippen LogP contribution in [0.4, 0.5) is 5.69 Å². The van der Waals surface area contributed by atoms with Gasteiger partial charge in [0.1, 0.15) is 0 Å². The predicted octanol–water partition coefficient (Wildman–Crippen LogP) is 4.22. The van der Waals surface area contributed by atoms with Gasteiger partial charge in [0.2, 0.25) is 5.91 Å². The number of aryl methyl sites for hydroxylation is 2. The van der Waals surface area contributed by atoms with Gasteiger partial charge >= 0.3 is 0 Å². The smallest absolute Gasteiger partial charge is 0.224 e. The van der Waals surface area contributed by atoms with Gasteiger partial charge in [0.15, 0.2) is 0 Å². The molecule has 29 heavy (non-hydrogen) atoms. The van der Waals surface area contributed by atoms with Crippen LogP contribution in [0.25, 0.3) is 6.08 Å². The SMILES string of the molecule is CCc1cccc(C)c1NCCC(=O)N1CCN(C/C=C/c2ccccc2)CC1. The lowest BCUT2D eigenvalue weighted by Crippen LogP contribution is -2.48. The van der Waals surface area contributed by atoms with Gasteiger partial charge in [-0.25, -0.2) is 0 Å². The number of piperazine rings is 1. The summed E-state index contributed by atoms with van der Waals surface area (Å²) >= 11 is 0. The maximum atomic E-state index is 12.6. The quantitative estimate of drug-likeness (QED) is 0.732. The van der Waals surface area contributed by atoms with E-state index >= 15 is 0 Å². The van der Waals surface area contributed by atoms with E-state index in [1.807, 2.05) is 11.0 Å². The summed E-state index contributed by atoms with van der Waals surface area (Å²) in [5.74, 6) is 0.253. The predicted molar refractivity (Wildman–Crippen MR) is 122 cm³/mol. The van der Waals surface area contributed by atoms with Gasteiger partial charge in [-0.15, -0.1) is 0 Å². The number of amides is 1. The van der Waals surface area contributed by atoms with Crippen molar-refractivity contribution in [2.75, 3.05) is 44.6 Å². The van der Waals surface area contributed by atoms with Crippen LogP contribution in [0.1, 0.15) is 30.0 Å². The molecule has 1 saturated heterocycles. The Morgan fingerprint density at radius 2 is 1.79 bits per heavy atom. The normalized spacial score (nSPS) is 15.0. The number of carbonyl (C=O) groups is 1. The minimum absolute atomic E-state index is 0.253. The lowest BCUT2D eigenvalue weighted by Gasteiger charge is -2.34. The van der Waals surface area contributed by atoms with E-state index in [4.69, 9.17) is 0 Å². The van der Waals surface area contributed by atoms with Crippen LogP contribution in [-0.4, -0.2) is 55.0 Å². The number of anilines is 1. The zero-order valence-electron chi connectivity index (χ0n) is 17.7. The van der Waals surface area contributed by atoms with Crippen molar-refractivity contribution in [1.82, 2.24) is 9.80 Å². The first kappa shape index (κ1) is 21.1. The molecule has 0 bridgehead atoms. The van der Waals surface area contributed by atoms with Gasteiger partial charge in [0, 0.05) is 51.4 Å². The van der Waals surface area contributed by atoms with E-state index in [2.05, 4.69) is 78.7 Å². The number of hydrogen-bond acceptors (Lipinski definition) is 3. The van der Waals surface area contributed by atoms with Crippen LogP contribution in [0, 0.1) is 6.92 Å². The second-order valence-corrected chi connectivity index (χ2v) is 7.63. The van der Waals surface area contributed by atoms with Crippen molar-refractivity contribution in [3.63, 3.8) is 0 Å². The number of hydrogen-bond donors (Lipinski definition) is 1. The van der Waals surface area contributed by atoms with Crippen LogP contribution in [0.15, 0.2) is 54.6 Å². The Labute approximate surface area is 175 Å². The molecule has 3 rings (SSSR count). The molecule has 0 atom stereocenters.